The highest BCUT2D eigenvalue weighted by atomic mass is 16.5. The largest absolute Gasteiger partial charge is 0.463 e. The number of amides is 1. The van der Waals surface area contributed by atoms with Crippen molar-refractivity contribution in [2.24, 2.45) is 11.7 Å². The molecule has 1 amide bonds. The smallest absolute Gasteiger partial charge is 0.319 e. The Morgan fingerprint density at radius 2 is 1.95 bits per heavy atom. The Balaban J connectivity index is 1.19. The van der Waals surface area contributed by atoms with Crippen LogP contribution >= 0.6 is 0 Å². The van der Waals surface area contributed by atoms with Crippen LogP contribution in [0.25, 0.3) is 11.0 Å². The Bertz CT molecular complexity index is 1230. The molecule has 37 heavy (non-hydrogen) atoms. The summed E-state index contributed by atoms with van der Waals surface area (Å²) in [6.07, 6.45) is 13.7. The van der Waals surface area contributed by atoms with E-state index in [2.05, 4.69) is 37.4 Å². The van der Waals surface area contributed by atoms with Crippen molar-refractivity contribution < 1.29 is 9.53 Å². The van der Waals surface area contributed by atoms with E-state index in [0.717, 1.165) is 56.7 Å². The Kier molecular flexibility index (Phi) is 6.95. The fourth-order valence-electron chi connectivity index (χ4n) is 6.27. The molecule has 3 aliphatic rings. The van der Waals surface area contributed by atoms with Gasteiger partial charge in [-0.05, 0) is 74.5 Å². The summed E-state index contributed by atoms with van der Waals surface area (Å²) in [6, 6.07) is 6.24. The number of pyridine rings is 1. The fraction of sp³-hybridized carbons (Fsp3) is 0.571. The minimum atomic E-state index is -0.196. The summed E-state index contributed by atoms with van der Waals surface area (Å²) in [5, 5.41) is 4.31. The lowest BCUT2D eigenvalue weighted by molar-refractivity contribution is 0.0927. The van der Waals surface area contributed by atoms with Crippen LogP contribution in [0, 0.1) is 5.92 Å². The maximum atomic E-state index is 13.2. The van der Waals surface area contributed by atoms with Gasteiger partial charge in [-0.15, -0.1) is 0 Å². The molecule has 3 aromatic heterocycles. The second kappa shape index (κ2) is 10.7. The van der Waals surface area contributed by atoms with Gasteiger partial charge in [0.15, 0.2) is 0 Å². The Hall–Kier alpha value is -3.20. The van der Waals surface area contributed by atoms with Crippen LogP contribution < -0.4 is 20.7 Å². The first-order chi connectivity index (χ1) is 18.1. The van der Waals surface area contributed by atoms with E-state index in [9.17, 15) is 4.79 Å². The summed E-state index contributed by atoms with van der Waals surface area (Å²) in [6.45, 7) is 2.31. The lowest BCUT2D eigenvalue weighted by atomic mass is 9.89. The van der Waals surface area contributed by atoms with Crippen molar-refractivity contribution in [2.45, 2.75) is 75.8 Å². The number of nitrogens with one attached hydrogen (secondary N) is 2. The number of hydrogen-bond donors (Lipinski definition) is 3. The predicted molar refractivity (Wildman–Crippen MR) is 143 cm³/mol. The molecule has 9 heteroatoms. The first kappa shape index (κ1) is 24.2. The zero-order chi connectivity index (χ0) is 25.2. The van der Waals surface area contributed by atoms with Crippen LogP contribution in [0.1, 0.15) is 79.8 Å². The molecule has 4 heterocycles. The van der Waals surface area contributed by atoms with Crippen molar-refractivity contribution in [2.75, 3.05) is 24.6 Å². The van der Waals surface area contributed by atoms with Crippen LogP contribution in [0.15, 0.2) is 30.6 Å². The van der Waals surface area contributed by atoms with Crippen molar-refractivity contribution in [1.29, 1.82) is 0 Å². The Labute approximate surface area is 217 Å². The van der Waals surface area contributed by atoms with E-state index < -0.39 is 0 Å². The van der Waals surface area contributed by atoms with E-state index in [-0.39, 0.29) is 18.0 Å². The molecule has 0 spiro atoms. The van der Waals surface area contributed by atoms with Crippen LogP contribution in [0.4, 0.5) is 5.82 Å². The summed E-state index contributed by atoms with van der Waals surface area (Å²) < 4.78 is 6.07. The van der Waals surface area contributed by atoms with E-state index >= 15 is 0 Å². The molecule has 0 unspecified atom stereocenters. The zero-order valence-electron chi connectivity index (χ0n) is 21.4. The number of nitrogens with zero attached hydrogens (tertiary/aromatic N) is 4. The number of aromatic amines is 1. The fourth-order valence-corrected chi connectivity index (χ4v) is 6.27. The molecule has 9 nitrogen and oxygen atoms in total. The van der Waals surface area contributed by atoms with Gasteiger partial charge in [0.2, 0.25) is 0 Å². The number of piperidine rings is 1. The molecule has 2 atom stereocenters. The molecule has 2 aliphatic carbocycles. The van der Waals surface area contributed by atoms with Crippen molar-refractivity contribution in [1.82, 2.24) is 25.3 Å². The van der Waals surface area contributed by atoms with E-state index in [1.807, 2.05) is 18.3 Å². The summed E-state index contributed by atoms with van der Waals surface area (Å²) >= 11 is 0. The molecule has 4 N–H and O–H groups in total. The number of nitrogens with two attached hydrogens (primary N) is 1. The van der Waals surface area contributed by atoms with Gasteiger partial charge >= 0.3 is 6.01 Å². The summed E-state index contributed by atoms with van der Waals surface area (Å²) in [7, 11) is 0. The number of rotatable bonds is 7. The average molecular weight is 504 g/mol. The molecular formula is C28H37N7O2. The minimum Gasteiger partial charge on any atom is -0.463 e. The maximum absolute atomic E-state index is 13.2. The average Bonchev–Trinajstić information content (AvgIpc) is 3.69. The summed E-state index contributed by atoms with van der Waals surface area (Å²) in [4.78, 5) is 32.5. The van der Waals surface area contributed by atoms with Crippen molar-refractivity contribution in [3.63, 3.8) is 0 Å². The lowest BCUT2D eigenvalue weighted by Gasteiger charge is -2.33. The van der Waals surface area contributed by atoms with Gasteiger partial charge in [-0.3, -0.25) is 4.79 Å². The van der Waals surface area contributed by atoms with Gasteiger partial charge in [-0.1, -0.05) is 12.8 Å². The summed E-state index contributed by atoms with van der Waals surface area (Å²) in [5.41, 5.74) is 8.83. The lowest BCUT2D eigenvalue weighted by Crippen LogP contribution is -2.44. The molecular weight excluding hydrogens is 466 g/mol. The molecule has 0 aromatic carbocycles. The Morgan fingerprint density at radius 3 is 2.73 bits per heavy atom. The molecule has 3 fully saturated rings. The normalized spacial score (nSPS) is 23.1. The van der Waals surface area contributed by atoms with Crippen LogP contribution in [-0.4, -0.2) is 57.6 Å². The number of fused-ring (bicyclic) bond motifs is 1. The third kappa shape index (κ3) is 5.28. The Morgan fingerprint density at radius 1 is 1.11 bits per heavy atom. The molecule has 2 saturated carbocycles. The highest BCUT2D eigenvalue weighted by Crippen LogP contribution is 2.34. The number of aromatic nitrogens is 4. The number of anilines is 1. The first-order valence-corrected chi connectivity index (χ1v) is 13.9. The highest BCUT2D eigenvalue weighted by molar-refractivity contribution is 5.93. The molecule has 3 aromatic rings. The number of H-pyrrole nitrogens is 1. The third-order valence-corrected chi connectivity index (χ3v) is 8.48. The molecule has 6 rings (SSSR count). The SMILES string of the molecule is N[C@H]1CCC[C@@H]1NC(=O)c1cc(N2CCC(c3c[nH]c4ncccc34)CC2)nc(OCC2CCCC2)n1. The quantitative estimate of drug-likeness (QED) is 0.447. The van der Waals surface area contributed by atoms with Gasteiger partial charge in [-0.2, -0.15) is 9.97 Å². The first-order valence-electron chi connectivity index (χ1n) is 13.9. The molecule has 1 saturated heterocycles. The molecule has 196 valence electrons. The van der Waals surface area contributed by atoms with E-state index in [1.54, 1.807) is 0 Å². The second-order valence-corrected chi connectivity index (χ2v) is 10.9. The van der Waals surface area contributed by atoms with Crippen molar-refractivity contribution in [3.05, 3.63) is 41.9 Å². The maximum Gasteiger partial charge on any atom is 0.319 e. The van der Waals surface area contributed by atoms with Crippen molar-refractivity contribution >= 4 is 22.8 Å². The van der Waals surface area contributed by atoms with Crippen LogP contribution in [0.5, 0.6) is 6.01 Å². The van der Waals surface area contributed by atoms with Gasteiger partial charge in [0.05, 0.1) is 6.61 Å². The minimum absolute atomic E-state index is 0.00193. The zero-order valence-corrected chi connectivity index (χ0v) is 21.4. The van der Waals surface area contributed by atoms with Crippen molar-refractivity contribution in [3.8, 4) is 6.01 Å². The molecule has 1 aliphatic heterocycles. The van der Waals surface area contributed by atoms with Gasteiger partial charge in [0.25, 0.3) is 5.91 Å². The topological polar surface area (TPSA) is 122 Å². The van der Waals surface area contributed by atoms with Gasteiger partial charge in [-0.25, -0.2) is 4.98 Å². The van der Waals surface area contributed by atoms with Gasteiger partial charge < -0.3 is 25.7 Å². The second-order valence-electron chi connectivity index (χ2n) is 10.9. The predicted octanol–water partition coefficient (Wildman–Crippen LogP) is 3.92. The molecule has 0 bridgehead atoms. The van der Waals surface area contributed by atoms with Gasteiger partial charge in [0.1, 0.15) is 17.2 Å². The number of ether oxygens (including phenoxy) is 1. The number of hydrogen-bond acceptors (Lipinski definition) is 7. The highest BCUT2D eigenvalue weighted by Gasteiger charge is 2.28. The van der Waals surface area contributed by atoms with Crippen LogP contribution in [0.3, 0.4) is 0 Å². The number of carbonyl (C=O) groups is 1. The molecule has 0 radical (unpaired) electrons. The van der Waals surface area contributed by atoms with E-state index in [1.165, 1.54) is 36.6 Å². The number of carbonyl (C=O) groups excluding carboxylic acids is 1. The third-order valence-electron chi connectivity index (χ3n) is 8.48. The van der Waals surface area contributed by atoms with Crippen LogP contribution in [-0.2, 0) is 0 Å². The van der Waals surface area contributed by atoms with Gasteiger partial charge in [0, 0.05) is 49.0 Å². The standard InChI is InChI=1S/C28H37N7O2/c29-22-8-3-9-23(22)32-27(36)24-15-25(34-28(33-24)37-17-18-5-1-2-6-18)35-13-10-19(11-14-35)21-16-31-26-20(21)7-4-12-30-26/h4,7,12,15-16,18-19,22-23H,1-3,5-6,8-11,13-14,17,29H2,(H,30,31)(H,32,36)/t22-,23-/m0/s1. The van der Waals surface area contributed by atoms with E-state index in [0.29, 0.717) is 30.1 Å². The van der Waals surface area contributed by atoms with Crippen LogP contribution in [0.2, 0.25) is 0 Å². The van der Waals surface area contributed by atoms with E-state index in [4.69, 9.17) is 15.5 Å². The monoisotopic (exact) mass is 503 g/mol. The summed E-state index contributed by atoms with van der Waals surface area (Å²) in [5.74, 6) is 1.57.